The Bertz CT molecular complexity index is 1210. The molecule has 5 N–H and O–H groups in total. The number of nitrogens with zero attached hydrogens (tertiary/aromatic N) is 4. The van der Waals surface area contributed by atoms with E-state index in [0.29, 0.717) is 30.1 Å². The number of amides is 1. The smallest absolute Gasteiger partial charge is 0.410 e. The highest BCUT2D eigenvalue weighted by Crippen LogP contribution is 2.20. The molecule has 2 aromatic rings. The van der Waals surface area contributed by atoms with E-state index in [2.05, 4.69) is 25.8 Å². The van der Waals surface area contributed by atoms with Crippen LogP contribution in [0.25, 0.3) is 16.6 Å². The summed E-state index contributed by atoms with van der Waals surface area (Å²) >= 11 is 5.48. The average molecular weight is 568 g/mol. The number of nitrogens with one attached hydrogen (secondary N) is 3. The van der Waals surface area contributed by atoms with Gasteiger partial charge in [-0.2, -0.15) is 0 Å². The molecule has 11 heteroatoms. The fourth-order valence-electron chi connectivity index (χ4n) is 4.99. The number of allylic oxidation sites excluding steroid dienone is 1. The average Bonchev–Trinajstić information content (AvgIpc) is 3.42. The predicted octanol–water partition coefficient (Wildman–Crippen LogP) is 3.36. The van der Waals surface area contributed by atoms with E-state index in [-0.39, 0.29) is 6.09 Å². The number of pyridine rings is 2. The molecule has 1 aliphatic carbocycles. The first-order chi connectivity index (χ1) is 19.2. The lowest BCUT2D eigenvalue weighted by Crippen LogP contribution is -2.78. The fraction of sp³-hybridized carbons (Fsp3) is 0.552. The first-order valence-electron chi connectivity index (χ1n) is 14.3. The fourth-order valence-corrected chi connectivity index (χ4v) is 5.26. The molecule has 3 heterocycles. The Hall–Kier alpha value is -3.15. The van der Waals surface area contributed by atoms with Crippen molar-refractivity contribution in [3.8, 4) is 0 Å². The Morgan fingerprint density at radius 2 is 1.95 bits per heavy atom. The van der Waals surface area contributed by atoms with Crippen molar-refractivity contribution >= 4 is 52.1 Å². The van der Waals surface area contributed by atoms with Gasteiger partial charge in [-0.15, -0.1) is 0 Å². The maximum atomic E-state index is 12.3. The molecule has 1 aliphatic heterocycles. The highest BCUT2D eigenvalue weighted by atomic mass is 32.1. The Labute approximate surface area is 242 Å². The molecule has 0 radical (unpaired) electrons. The minimum atomic E-state index is -0.466. The van der Waals surface area contributed by atoms with Gasteiger partial charge < -0.3 is 31.0 Å². The maximum absolute atomic E-state index is 12.3. The van der Waals surface area contributed by atoms with Gasteiger partial charge in [-0.3, -0.25) is 9.88 Å². The molecule has 0 spiro atoms. The summed E-state index contributed by atoms with van der Waals surface area (Å²) in [6.45, 7) is 10.7. The molecule has 1 saturated carbocycles. The van der Waals surface area contributed by atoms with E-state index in [1.165, 1.54) is 19.1 Å². The number of piperazine rings is 1. The van der Waals surface area contributed by atoms with E-state index in [1.807, 2.05) is 45.2 Å². The summed E-state index contributed by atoms with van der Waals surface area (Å²) in [6.07, 6.45) is 10.7. The molecule has 4 rings (SSSR count). The van der Waals surface area contributed by atoms with Crippen molar-refractivity contribution in [2.24, 2.45) is 0 Å². The minimum absolute atomic E-state index is 0.226. The Balaban J connectivity index is 1.24. The first kappa shape index (κ1) is 29.8. The van der Waals surface area contributed by atoms with Gasteiger partial charge in [0, 0.05) is 63.2 Å². The number of carbonyl (C=O) groups is 1. The summed E-state index contributed by atoms with van der Waals surface area (Å²) in [5.41, 5.74) is 2.73. The summed E-state index contributed by atoms with van der Waals surface area (Å²) in [7, 11) is 0. The van der Waals surface area contributed by atoms with E-state index in [0.717, 1.165) is 67.6 Å². The van der Waals surface area contributed by atoms with Crippen LogP contribution in [-0.2, 0) is 4.74 Å². The molecule has 2 fully saturated rings. The molecule has 2 aliphatic rings. The number of aromatic nitrogens is 2. The Kier molecular flexibility index (Phi) is 10.4. The van der Waals surface area contributed by atoms with Crippen LogP contribution in [-0.4, -0.2) is 88.1 Å². The first-order valence-corrected chi connectivity index (χ1v) is 14.7. The molecule has 216 valence electrons. The molecule has 0 bridgehead atoms. The van der Waals surface area contributed by atoms with Crippen LogP contribution in [0.15, 0.2) is 30.6 Å². The van der Waals surface area contributed by atoms with E-state index in [1.54, 1.807) is 11.1 Å². The van der Waals surface area contributed by atoms with Gasteiger partial charge in [0.1, 0.15) is 17.6 Å². The second kappa shape index (κ2) is 14.0. The summed E-state index contributed by atoms with van der Waals surface area (Å²) < 4.78 is 5.48. The number of hydrogen-bond acceptors (Lipinski definition) is 7. The van der Waals surface area contributed by atoms with Crippen LogP contribution in [0.2, 0.25) is 0 Å². The molecule has 0 unspecified atom stereocenters. The number of thiocarbonyl (C=S) groups is 1. The van der Waals surface area contributed by atoms with Crippen LogP contribution in [0.5, 0.6) is 0 Å². The number of anilines is 1. The lowest BCUT2D eigenvalue weighted by atomic mass is 10.1. The lowest BCUT2D eigenvalue weighted by molar-refractivity contribution is -0.587. The normalized spacial score (nSPS) is 17.2. The molecular weight excluding hydrogens is 524 g/mol. The van der Waals surface area contributed by atoms with Crippen LogP contribution >= 0.6 is 12.2 Å². The topological polar surface area (TPSA) is 123 Å². The van der Waals surface area contributed by atoms with E-state index in [9.17, 15) is 4.79 Å². The third kappa shape index (κ3) is 8.94. The molecule has 0 atom stereocenters. The summed E-state index contributed by atoms with van der Waals surface area (Å²) in [6, 6.07) is 6.23. The van der Waals surface area contributed by atoms with Crippen molar-refractivity contribution < 1.29 is 14.8 Å². The van der Waals surface area contributed by atoms with Crippen molar-refractivity contribution in [2.75, 3.05) is 44.6 Å². The SMILES string of the molecule is CC(C)(C)OC(=O)N1CCN(CCC[NH2+]C=C(C=N)c2cnc3ccc(NC(=S)NC4CCCC4)nc3c2)CC1. The number of quaternary nitrogens is 1. The Morgan fingerprint density at radius 1 is 1.20 bits per heavy atom. The third-order valence-corrected chi connectivity index (χ3v) is 7.34. The van der Waals surface area contributed by atoms with Gasteiger partial charge in [0.25, 0.3) is 0 Å². The van der Waals surface area contributed by atoms with Gasteiger partial charge in [-0.25, -0.2) is 9.78 Å². The molecular formula is C29H43N8O2S+. The molecule has 0 aromatic carbocycles. The van der Waals surface area contributed by atoms with Crippen molar-refractivity contribution in [3.05, 3.63) is 36.2 Å². The number of hydrogen-bond donors (Lipinski definition) is 4. The highest BCUT2D eigenvalue weighted by Gasteiger charge is 2.25. The second-order valence-corrected chi connectivity index (χ2v) is 11.9. The Morgan fingerprint density at radius 3 is 2.65 bits per heavy atom. The van der Waals surface area contributed by atoms with Gasteiger partial charge in [0.15, 0.2) is 5.11 Å². The summed E-state index contributed by atoms with van der Waals surface area (Å²) in [5, 5.41) is 17.2. The zero-order valence-corrected chi connectivity index (χ0v) is 24.7. The zero-order chi connectivity index (χ0) is 28.5. The largest absolute Gasteiger partial charge is 0.444 e. The summed E-state index contributed by atoms with van der Waals surface area (Å²) in [5.74, 6) is 0.681. The third-order valence-electron chi connectivity index (χ3n) is 7.12. The number of nitrogens with two attached hydrogens (primary N) is 1. The van der Waals surface area contributed by atoms with Crippen molar-refractivity contribution in [3.63, 3.8) is 0 Å². The monoisotopic (exact) mass is 567 g/mol. The summed E-state index contributed by atoms with van der Waals surface area (Å²) in [4.78, 5) is 25.7. The number of fused-ring (bicyclic) bond motifs is 1. The van der Waals surface area contributed by atoms with Gasteiger partial charge in [-0.05, 0) is 64.0 Å². The zero-order valence-electron chi connectivity index (χ0n) is 23.9. The molecule has 1 saturated heterocycles. The van der Waals surface area contributed by atoms with Crippen molar-refractivity contribution in [1.82, 2.24) is 25.1 Å². The molecule has 1 amide bonds. The van der Waals surface area contributed by atoms with Gasteiger partial charge in [0.05, 0.1) is 23.2 Å². The van der Waals surface area contributed by atoms with Crippen LogP contribution in [0.3, 0.4) is 0 Å². The van der Waals surface area contributed by atoms with Crippen LogP contribution in [0.1, 0.15) is 58.4 Å². The van der Waals surface area contributed by atoms with E-state index in [4.69, 9.17) is 27.3 Å². The maximum Gasteiger partial charge on any atom is 0.410 e. The number of ether oxygens (including phenoxy) is 1. The van der Waals surface area contributed by atoms with Crippen molar-refractivity contribution in [2.45, 2.75) is 64.5 Å². The predicted molar refractivity (Wildman–Crippen MR) is 164 cm³/mol. The highest BCUT2D eigenvalue weighted by molar-refractivity contribution is 7.80. The molecule has 40 heavy (non-hydrogen) atoms. The minimum Gasteiger partial charge on any atom is -0.444 e. The second-order valence-electron chi connectivity index (χ2n) is 11.5. The molecule has 2 aromatic heterocycles. The van der Waals surface area contributed by atoms with Gasteiger partial charge >= 0.3 is 6.09 Å². The van der Waals surface area contributed by atoms with Crippen molar-refractivity contribution in [1.29, 1.82) is 5.41 Å². The van der Waals surface area contributed by atoms with E-state index < -0.39 is 5.60 Å². The van der Waals surface area contributed by atoms with Gasteiger partial charge in [0.2, 0.25) is 0 Å². The van der Waals surface area contributed by atoms with Crippen LogP contribution in [0.4, 0.5) is 10.6 Å². The standard InChI is InChI=1S/C29H42N8O2S/c1-29(2,3)39-28(38)37-15-13-36(14-16-37)12-6-11-31-19-22(18-30)21-17-25-24(32-20-21)9-10-26(34-25)35-27(40)33-23-7-4-5-8-23/h9-10,17-20,23,30-31H,4-8,11-16H2,1-3H3,(H2,33,34,35,40)/p+1. The number of carbonyl (C=O) groups excluding carboxylic acids is 1. The van der Waals surface area contributed by atoms with Crippen LogP contribution in [0, 0.1) is 5.41 Å². The van der Waals surface area contributed by atoms with E-state index >= 15 is 0 Å². The molecule has 10 nitrogen and oxygen atoms in total. The quantitative estimate of drug-likeness (QED) is 0.207. The van der Waals surface area contributed by atoms with Gasteiger partial charge in [-0.1, -0.05) is 12.8 Å². The lowest BCUT2D eigenvalue weighted by Gasteiger charge is -2.35. The van der Waals surface area contributed by atoms with Crippen LogP contribution < -0.4 is 16.0 Å². The number of rotatable bonds is 9.